The fourth-order valence-electron chi connectivity index (χ4n) is 1.92. The lowest BCUT2D eigenvalue weighted by atomic mass is 10.1. The maximum absolute atomic E-state index is 12.4. The van der Waals surface area contributed by atoms with E-state index in [1.807, 2.05) is 32.0 Å². The van der Waals surface area contributed by atoms with E-state index in [0.717, 1.165) is 23.1 Å². The van der Waals surface area contributed by atoms with E-state index < -0.39 is 9.57 Å². The third kappa shape index (κ3) is 4.95. The van der Waals surface area contributed by atoms with Crippen molar-refractivity contribution < 1.29 is 4.79 Å². The van der Waals surface area contributed by atoms with Gasteiger partial charge in [0.2, 0.25) is 0 Å². The SMILES string of the molecule is Cc1cccc(C)c1NC(=O)C(Cl)(Cl)SNc1cccc(Cl)c1. The van der Waals surface area contributed by atoms with Crippen LogP contribution in [0.4, 0.5) is 11.4 Å². The molecule has 0 bridgehead atoms. The smallest absolute Gasteiger partial charge is 0.273 e. The topological polar surface area (TPSA) is 41.1 Å². The molecule has 0 aliphatic carbocycles. The highest BCUT2D eigenvalue weighted by atomic mass is 35.5. The van der Waals surface area contributed by atoms with Crippen molar-refractivity contribution in [2.75, 3.05) is 10.0 Å². The Labute approximate surface area is 154 Å². The second kappa shape index (κ2) is 7.67. The van der Waals surface area contributed by atoms with Crippen LogP contribution in [0, 0.1) is 13.8 Å². The van der Waals surface area contributed by atoms with E-state index in [2.05, 4.69) is 10.0 Å². The Kier molecular flexibility index (Phi) is 6.09. The summed E-state index contributed by atoms with van der Waals surface area (Å²) in [5.41, 5.74) is 3.30. The Bertz CT molecular complexity index is 702. The van der Waals surface area contributed by atoms with Gasteiger partial charge < -0.3 is 10.0 Å². The molecule has 0 aliphatic heterocycles. The third-order valence-electron chi connectivity index (χ3n) is 3.11. The van der Waals surface area contributed by atoms with Crippen molar-refractivity contribution in [3.63, 3.8) is 0 Å². The maximum Gasteiger partial charge on any atom is 0.273 e. The Morgan fingerprint density at radius 3 is 2.30 bits per heavy atom. The minimum atomic E-state index is -1.70. The number of benzene rings is 2. The number of hydrogen-bond donors (Lipinski definition) is 2. The number of aryl methyl sites for hydroxylation is 2. The molecule has 0 aliphatic rings. The zero-order chi connectivity index (χ0) is 17.0. The normalized spacial score (nSPS) is 11.2. The molecule has 7 heteroatoms. The molecule has 2 aromatic rings. The summed E-state index contributed by atoms with van der Waals surface area (Å²) in [7, 11) is 0. The number of carbonyl (C=O) groups excluding carboxylic acids is 1. The average molecular weight is 390 g/mol. The lowest BCUT2D eigenvalue weighted by molar-refractivity contribution is -0.115. The van der Waals surface area contributed by atoms with Gasteiger partial charge in [-0.3, -0.25) is 4.79 Å². The van der Waals surface area contributed by atoms with E-state index in [0.29, 0.717) is 16.4 Å². The number of halogens is 3. The van der Waals surface area contributed by atoms with Crippen molar-refractivity contribution in [2.24, 2.45) is 0 Å². The Balaban J connectivity index is 2.05. The van der Waals surface area contributed by atoms with Crippen molar-refractivity contribution in [3.8, 4) is 0 Å². The molecule has 0 heterocycles. The van der Waals surface area contributed by atoms with E-state index in [1.165, 1.54) is 0 Å². The molecule has 0 saturated carbocycles. The fourth-order valence-corrected chi connectivity index (χ4v) is 2.95. The highest BCUT2D eigenvalue weighted by molar-refractivity contribution is 8.05. The molecule has 0 spiro atoms. The predicted octanol–water partition coefficient (Wildman–Crippen LogP) is 5.79. The van der Waals surface area contributed by atoms with Crippen molar-refractivity contribution in [1.82, 2.24) is 0 Å². The van der Waals surface area contributed by atoms with Gasteiger partial charge in [0.15, 0.2) is 0 Å². The summed E-state index contributed by atoms with van der Waals surface area (Å²) < 4.78 is 1.23. The van der Waals surface area contributed by atoms with Crippen LogP contribution in [0.1, 0.15) is 11.1 Å². The van der Waals surface area contributed by atoms with Crippen molar-refractivity contribution >= 4 is 64.0 Å². The van der Waals surface area contributed by atoms with E-state index in [1.54, 1.807) is 24.3 Å². The van der Waals surface area contributed by atoms with Gasteiger partial charge in [-0.2, -0.15) is 0 Å². The van der Waals surface area contributed by atoms with Crippen LogP contribution in [0.5, 0.6) is 0 Å². The summed E-state index contributed by atoms with van der Waals surface area (Å²) in [6.45, 7) is 3.81. The summed E-state index contributed by atoms with van der Waals surface area (Å²) >= 11 is 19.1. The average Bonchev–Trinajstić information content (AvgIpc) is 2.49. The molecule has 122 valence electrons. The highest BCUT2D eigenvalue weighted by Gasteiger charge is 2.35. The summed E-state index contributed by atoms with van der Waals surface area (Å²) in [4.78, 5) is 12.4. The van der Waals surface area contributed by atoms with Crippen LogP contribution in [-0.4, -0.2) is 9.57 Å². The zero-order valence-electron chi connectivity index (χ0n) is 12.5. The Morgan fingerprint density at radius 1 is 1.09 bits per heavy atom. The molecule has 0 radical (unpaired) electrons. The minimum Gasteiger partial charge on any atom is -0.327 e. The summed E-state index contributed by atoms with van der Waals surface area (Å²) in [6, 6.07) is 12.8. The van der Waals surface area contributed by atoms with Crippen LogP contribution in [0.3, 0.4) is 0 Å². The largest absolute Gasteiger partial charge is 0.327 e. The van der Waals surface area contributed by atoms with Crippen LogP contribution >= 0.6 is 46.8 Å². The zero-order valence-corrected chi connectivity index (χ0v) is 15.6. The quantitative estimate of drug-likeness (QED) is 0.502. The molecular weight excluding hydrogens is 375 g/mol. The van der Waals surface area contributed by atoms with Crippen LogP contribution in [0.25, 0.3) is 0 Å². The standard InChI is InChI=1S/C16H15Cl3N2OS/c1-10-5-3-6-11(2)14(10)20-15(22)16(18,19)23-21-13-8-4-7-12(17)9-13/h3-9,21H,1-2H3,(H,20,22). The van der Waals surface area contributed by atoms with Gasteiger partial charge >= 0.3 is 0 Å². The Morgan fingerprint density at radius 2 is 1.70 bits per heavy atom. The maximum atomic E-state index is 12.4. The number of hydrogen-bond acceptors (Lipinski definition) is 3. The van der Waals surface area contributed by atoms with E-state index in [4.69, 9.17) is 34.8 Å². The molecule has 2 N–H and O–H groups in total. The third-order valence-corrected chi connectivity index (χ3v) is 4.93. The molecule has 0 aromatic heterocycles. The molecule has 0 unspecified atom stereocenters. The molecule has 2 rings (SSSR count). The van der Waals surface area contributed by atoms with Gasteiger partial charge in [-0.15, -0.1) is 0 Å². The van der Waals surface area contributed by atoms with Crippen LogP contribution in [0.15, 0.2) is 42.5 Å². The van der Waals surface area contributed by atoms with E-state index in [-0.39, 0.29) is 0 Å². The summed E-state index contributed by atoms with van der Waals surface area (Å²) in [6.07, 6.45) is 0. The molecule has 23 heavy (non-hydrogen) atoms. The first kappa shape index (κ1) is 18.3. The number of para-hydroxylation sites is 1. The molecule has 3 nitrogen and oxygen atoms in total. The van der Waals surface area contributed by atoms with Gasteiger partial charge in [0.25, 0.3) is 9.57 Å². The summed E-state index contributed by atoms with van der Waals surface area (Å²) in [5.74, 6) is -0.516. The lowest BCUT2D eigenvalue weighted by Crippen LogP contribution is -2.31. The molecule has 2 aromatic carbocycles. The van der Waals surface area contributed by atoms with Crippen LogP contribution in [0.2, 0.25) is 5.02 Å². The summed E-state index contributed by atoms with van der Waals surface area (Å²) in [5, 5.41) is 3.35. The lowest BCUT2D eigenvalue weighted by Gasteiger charge is -2.20. The number of anilines is 2. The van der Waals surface area contributed by atoms with Gasteiger partial charge in [0, 0.05) is 16.4 Å². The second-order valence-electron chi connectivity index (χ2n) is 4.95. The molecule has 1 amide bonds. The first-order valence-electron chi connectivity index (χ1n) is 6.74. The predicted molar refractivity (Wildman–Crippen MR) is 102 cm³/mol. The molecular formula is C16H15Cl3N2OS. The molecule has 0 atom stereocenters. The Hall–Kier alpha value is -1.07. The van der Waals surface area contributed by atoms with Crippen molar-refractivity contribution in [2.45, 2.75) is 17.5 Å². The van der Waals surface area contributed by atoms with E-state index >= 15 is 0 Å². The van der Waals surface area contributed by atoms with Gasteiger partial charge in [0.1, 0.15) is 0 Å². The van der Waals surface area contributed by atoms with Crippen molar-refractivity contribution in [3.05, 3.63) is 58.6 Å². The molecule has 0 saturated heterocycles. The first-order chi connectivity index (χ1) is 10.8. The van der Waals surface area contributed by atoms with Gasteiger partial charge in [-0.05, 0) is 55.1 Å². The van der Waals surface area contributed by atoms with Crippen LogP contribution < -0.4 is 10.0 Å². The molecule has 0 fully saturated rings. The van der Waals surface area contributed by atoms with Gasteiger partial charge in [0.05, 0.1) is 0 Å². The monoisotopic (exact) mass is 388 g/mol. The van der Waals surface area contributed by atoms with Crippen LogP contribution in [-0.2, 0) is 4.79 Å². The number of nitrogens with one attached hydrogen (secondary N) is 2. The minimum absolute atomic E-state index is 0.516. The van der Waals surface area contributed by atoms with Gasteiger partial charge in [-0.25, -0.2) is 0 Å². The van der Waals surface area contributed by atoms with Gasteiger partial charge in [-0.1, -0.05) is 59.1 Å². The second-order valence-corrected chi connectivity index (χ2v) is 8.18. The number of alkyl halides is 2. The fraction of sp³-hybridized carbons (Fsp3) is 0.188. The first-order valence-corrected chi connectivity index (χ1v) is 8.70. The number of amides is 1. The van der Waals surface area contributed by atoms with Crippen molar-refractivity contribution in [1.29, 1.82) is 0 Å². The number of carbonyl (C=O) groups is 1. The number of rotatable bonds is 5. The highest BCUT2D eigenvalue weighted by Crippen LogP contribution is 2.37. The van der Waals surface area contributed by atoms with E-state index in [9.17, 15) is 4.79 Å².